The van der Waals surface area contributed by atoms with Crippen LogP contribution in [0.2, 0.25) is 5.02 Å². The van der Waals surface area contributed by atoms with Crippen molar-refractivity contribution in [1.82, 2.24) is 4.72 Å². The van der Waals surface area contributed by atoms with Gasteiger partial charge >= 0.3 is 0 Å². The number of benzene rings is 1. The van der Waals surface area contributed by atoms with Crippen molar-refractivity contribution in [2.24, 2.45) is 0 Å². The summed E-state index contributed by atoms with van der Waals surface area (Å²) in [5, 5.41) is 0.210. The van der Waals surface area contributed by atoms with E-state index in [0.29, 0.717) is 6.54 Å². The highest BCUT2D eigenvalue weighted by Gasteiger charge is 2.16. The Kier molecular flexibility index (Phi) is 3.90. The molecule has 0 saturated carbocycles. The normalized spacial score (nSPS) is 11.3. The first-order valence-electron chi connectivity index (χ1n) is 4.43. The molecule has 1 N–H and O–H groups in total. The number of nitrogens with one attached hydrogen (secondary N) is 1. The predicted molar refractivity (Wildman–Crippen MR) is 62.4 cm³/mol. The monoisotopic (exact) mass is 245 g/mol. The van der Waals surface area contributed by atoms with Gasteiger partial charge in [-0.05, 0) is 17.7 Å². The highest BCUT2D eigenvalue weighted by molar-refractivity contribution is 7.89. The summed E-state index contributed by atoms with van der Waals surface area (Å²) in [5.74, 6) is 0. The van der Waals surface area contributed by atoms with Gasteiger partial charge < -0.3 is 0 Å². The van der Waals surface area contributed by atoms with Crippen LogP contribution >= 0.6 is 11.6 Å². The lowest BCUT2D eigenvalue weighted by atomic mass is 10.2. The molecular formula is C10H12ClNO2S. The molecule has 1 aromatic carbocycles. The third-order valence-corrected chi connectivity index (χ3v) is 3.84. The molecule has 15 heavy (non-hydrogen) atoms. The van der Waals surface area contributed by atoms with Gasteiger partial charge in [0.2, 0.25) is 10.0 Å². The fraction of sp³-hybridized carbons (Fsp3) is 0.200. The van der Waals surface area contributed by atoms with Gasteiger partial charge in [0.25, 0.3) is 0 Å². The van der Waals surface area contributed by atoms with Crippen LogP contribution < -0.4 is 4.72 Å². The summed E-state index contributed by atoms with van der Waals surface area (Å²) in [7, 11) is -3.50. The van der Waals surface area contributed by atoms with E-state index in [2.05, 4.69) is 11.3 Å². The number of hydrogen-bond donors (Lipinski definition) is 1. The summed E-state index contributed by atoms with van der Waals surface area (Å²) in [5.41, 5.74) is 0.718. The van der Waals surface area contributed by atoms with E-state index in [4.69, 9.17) is 11.6 Å². The molecule has 0 aromatic heterocycles. The number of rotatable bonds is 4. The molecule has 0 atom stereocenters. The van der Waals surface area contributed by atoms with Crippen LogP contribution in [0.1, 0.15) is 12.5 Å². The summed E-state index contributed by atoms with van der Waals surface area (Å²) >= 11 is 5.82. The van der Waals surface area contributed by atoms with Crippen molar-refractivity contribution in [3.05, 3.63) is 35.4 Å². The van der Waals surface area contributed by atoms with Gasteiger partial charge in [0.1, 0.15) is 4.90 Å². The van der Waals surface area contributed by atoms with Crippen molar-refractivity contribution < 1.29 is 8.42 Å². The molecule has 3 nitrogen and oxygen atoms in total. The summed E-state index contributed by atoms with van der Waals surface area (Å²) < 4.78 is 25.8. The molecule has 0 amide bonds. The molecule has 0 aliphatic rings. The molecule has 82 valence electrons. The molecule has 0 heterocycles. The highest BCUT2D eigenvalue weighted by Crippen LogP contribution is 2.22. The van der Waals surface area contributed by atoms with Crippen LogP contribution in [0.3, 0.4) is 0 Å². The second-order valence-electron chi connectivity index (χ2n) is 2.90. The topological polar surface area (TPSA) is 46.2 Å². The second-order valence-corrected chi connectivity index (χ2v) is 5.04. The summed E-state index contributed by atoms with van der Waals surface area (Å²) in [6.07, 6.45) is 1.57. The van der Waals surface area contributed by atoms with Gasteiger partial charge in [-0.25, -0.2) is 13.1 Å². The maximum Gasteiger partial charge on any atom is 0.242 e. The Bertz CT molecular complexity index is 468. The van der Waals surface area contributed by atoms with Crippen molar-refractivity contribution in [2.75, 3.05) is 6.54 Å². The van der Waals surface area contributed by atoms with E-state index in [1.54, 1.807) is 25.1 Å². The third-order valence-electron chi connectivity index (χ3n) is 1.81. The zero-order valence-corrected chi connectivity index (χ0v) is 9.90. The van der Waals surface area contributed by atoms with Gasteiger partial charge in [-0.15, -0.1) is 0 Å². The van der Waals surface area contributed by atoms with Gasteiger partial charge in [-0.1, -0.05) is 37.2 Å². The lowest BCUT2D eigenvalue weighted by Gasteiger charge is -2.07. The molecule has 0 radical (unpaired) electrons. The van der Waals surface area contributed by atoms with Crippen LogP contribution in [-0.4, -0.2) is 15.0 Å². The Balaban J connectivity index is 3.29. The summed E-state index contributed by atoms with van der Waals surface area (Å²) in [6.45, 7) is 5.61. The number of halogens is 1. The average Bonchev–Trinajstić information content (AvgIpc) is 2.18. The van der Waals surface area contributed by atoms with E-state index in [0.717, 1.165) is 5.56 Å². The van der Waals surface area contributed by atoms with Gasteiger partial charge in [0, 0.05) is 6.54 Å². The van der Waals surface area contributed by atoms with Crippen molar-refractivity contribution in [2.45, 2.75) is 11.8 Å². The lowest BCUT2D eigenvalue weighted by Crippen LogP contribution is -2.23. The van der Waals surface area contributed by atoms with E-state index < -0.39 is 10.0 Å². The Morgan fingerprint density at radius 2 is 2.20 bits per heavy atom. The fourth-order valence-corrected chi connectivity index (χ4v) is 2.69. The average molecular weight is 246 g/mol. The van der Waals surface area contributed by atoms with Gasteiger partial charge in [0.05, 0.1) is 5.02 Å². The first-order chi connectivity index (χ1) is 7.01. The van der Waals surface area contributed by atoms with Gasteiger partial charge in [0.15, 0.2) is 0 Å². The van der Waals surface area contributed by atoms with E-state index >= 15 is 0 Å². The summed E-state index contributed by atoms with van der Waals surface area (Å²) in [6, 6.07) is 4.75. The van der Waals surface area contributed by atoms with Crippen LogP contribution in [0.4, 0.5) is 0 Å². The minimum Gasteiger partial charge on any atom is -0.211 e. The molecule has 5 heteroatoms. The van der Waals surface area contributed by atoms with E-state index in [1.807, 2.05) is 0 Å². The molecule has 0 aliphatic heterocycles. The van der Waals surface area contributed by atoms with Crippen molar-refractivity contribution in [1.29, 1.82) is 0 Å². The molecule has 0 saturated heterocycles. The van der Waals surface area contributed by atoms with Gasteiger partial charge in [-0.3, -0.25) is 0 Å². The minimum atomic E-state index is -3.50. The Labute approximate surface area is 94.8 Å². The largest absolute Gasteiger partial charge is 0.242 e. The van der Waals surface area contributed by atoms with Crippen LogP contribution in [0, 0.1) is 0 Å². The Hall–Kier alpha value is -0.840. The van der Waals surface area contributed by atoms with Crippen LogP contribution in [0.15, 0.2) is 29.7 Å². The molecule has 0 aliphatic carbocycles. The standard InChI is InChI=1S/C10H12ClNO2S/c1-3-8-5-6-9(11)10(7-8)15(13,14)12-4-2/h3,5-7,12H,1,4H2,2H3. The Morgan fingerprint density at radius 1 is 1.53 bits per heavy atom. The molecule has 0 bridgehead atoms. The van der Waals surface area contributed by atoms with Gasteiger partial charge in [-0.2, -0.15) is 0 Å². The first kappa shape index (κ1) is 12.2. The smallest absolute Gasteiger partial charge is 0.211 e. The molecule has 1 aromatic rings. The zero-order valence-electron chi connectivity index (χ0n) is 8.33. The minimum absolute atomic E-state index is 0.0865. The number of hydrogen-bond acceptors (Lipinski definition) is 2. The fourth-order valence-electron chi connectivity index (χ4n) is 1.12. The van der Waals surface area contributed by atoms with E-state index in [9.17, 15) is 8.42 Å². The van der Waals surface area contributed by atoms with E-state index in [1.165, 1.54) is 6.07 Å². The number of sulfonamides is 1. The maximum atomic E-state index is 11.7. The van der Waals surface area contributed by atoms with E-state index in [-0.39, 0.29) is 9.92 Å². The van der Waals surface area contributed by atoms with Crippen molar-refractivity contribution in [3.8, 4) is 0 Å². The molecule has 1 rings (SSSR count). The van der Waals surface area contributed by atoms with Crippen LogP contribution in [0.25, 0.3) is 6.08 Å². The maximum absolute atomic E-state index is 11.7. The van der Waals surface area contributed by atoms with Crippen molar-refractivity contribution in [3.63, 3.8) is 0 Å². The third kappa shape index (κ3) is 2.81. The van der Waals surface area contributed by atoms with Crippen LogP contribution in [0.5, 0.6) is 0 Å². The lowest BCUT2D eigenvalue weighted by molar-refractivity contribution is 0.584. The SMILES string of the molecule is C=Cc1ccc(Cl)c(S(=O)(=O)NCC)c1. The second kappa shape index (κ2) is 4.79. The quantitative estimate of drug-likeness (QED) is 0.885. The van der Waals surface area contributed by atoms with Crippen LogP contribution in [-0.2, 0) is 10.0 Å². The van der Waals surface area contributed by atoms with Crippen molar-refractivity contribution >= 4 is 27.7 Å². The predicted octanol–water partition coefficient (Wildman–Crippen LogP) is 2.28. The first-order valence-corrected chi connectivity index (χ1v) is 6.29. The molecular weight excluding hydrogens is 234 g/mol. The Morgan fingerprint density at radius 3 is 2.73 bits per heavy atom. The molecule has 0 unspecified atom stereocenters. The summed E-state index contributed by atoms with van der Waals surface area (Å²) in [4.78, 5) is 0.0865. The molecule has 0 fully saturated rings. The highest BCUT2D eigenvalue weighted by atomic mass is 35.5. The zero-order chi connectivity index (χ0) is 11.5. The molecule has 0 spiro atoms.